The van der Waals surface area contributed by atoms with Crippen LogP contribution in [0.15, 0.2) is 24.3 Å². The molecule has 2 rings (SSSR count). The third-order valence-corrected chi connectivity index (χ3v) is 3.28. The summed E-state index contributed by atoms with van der Waals surface area (Å²) in [6, 6.07) is 5.81. The Hall–Kier alpha value is -1.42. The predicted octanol–water partition coefficient (Wildman–Crippen LogP) is 2.22. The van der Waals surface area contributed by atoms with Crippen molar-refractivity contribution in [2.45, 2.75) is 44.8 Å². The number of carbonyl (C=O) groups is 1. The lowest BCUT2D eigenvalue weighted by molar-refractivity contribution is -0.133. The quantitative estimate of drug-likeness (QED) is 0.830. The molecule has 0 spiro atoms. The Morgan fingerprint density at radius 1 is 1.39 bits per heavy atom. The van der Waals surface area contributed by atoms with Crippen molar-refractivity contribution < 1.29 is 9.18 Å². The van der Waals surface area contributed by atoms with Crippen LogP contribution in [-0.2, 0) is 4.79 Å². The van der Waals surface area contributed by atoms with Crippen LogP contribution in [0.1, 0.15) is 38.8 Å². The molecule has 18 heavy (non-hydrogen) atoms. The summed E-state index contributed by atoms with van der Waals surface area (Å²) in [6.45, 7) is 5.90. The summed E-state index contributed by atoms with van der Waals surface area (Å²) < 4.78 is 13.3. The zero-order valence-electron chi connectivity index (χ0n) is 11.0. The molecule has 1 aromatic carbocycles. The van der Waals surface area contributed by atoms with Crippen molar-refractivity contribution in [2.75, 3.05) is 0 Å². The van der Waals surface area contributed by atoms with Crippen molar-refractivity contribution in [1.82, 2.24) is 4.90 Å². The van der Waals surface area contributed by atoms with Crippen LogP contribution in [-0.4, -0.2) is 22.4 Å². The third-order valence-electron chi connectivity index (χ3n) is 3.28. The van der Waals surface area contributed by atoms with E-state index in [0.717, 1.165) is 5.56 Å². The van der Waals surface area contributed by atoms with Gasteiger partial charge in [0.15, 0.2) is 0 Å². The summed E-state index contributed by atoms with van der Waals surface area (Å²) in [5, 5.41) is 0. The Morgan fingerprint density at radius 3 is 2.61 bits per heavy atom. The average molecular weight is 250 g/mol. The fourth-order valence-electron chi connectivity index (χ4n) is 2.64. The molecule has 1 amide bonds. The van der Waals surface area contributed by atoms with Gasteiger partial charge in [0.25, 0.3) is 0 Å². The topological polar surface area (TPSA) is 46.3 Å². The van der Waals surface area contributed by atoms with E-state index in [9.17, 15) is 9.18 Å². The lowest BCUT2D eigenvalue weighted by atomic mass is 9.97. The number of nitrogens with two attached hydrogens (primary N) is 1. The molecular formula is C14H19FN2O. The van der Waals surface area contributed by atoms with Gasteiger partial charge in [0, 0.05) is 18.0 Å². The molecule has 0 aromatic heterocycles. The number of nitrogens with zero attached hydrogens (tertiary/aromatic N) is 1. The minimum absolute atomic E-state index is 0.0317. The van der Waals surface area contributed by atoms with E-state index in [4.69, 9.17) is 5.73 Å². The van der Waals surface area contributed by atoms with Crippen molar-refractivity contribution in [1.29, 1.82) is 0 Å². The summed E-state index contributed by atoms with van der Waals surface area (Å²) >= 11 is 0. The second-order valence-corrected chi connectivity index (χ2v) is 5.80. The molecule has 0 saturated carbocycles. The number of amides is 1. The molecule has 0 aliphatic carbocycles. The van der Waals surface area contributed by atoms with Gasteiger partial charge in [0.1, 0.15) is 5.82 Å². The molecule has 3 nitrogen and oxygen atoms in total. The van der Waals surface area contributed by atoms with E-state index in [1.165, 1.54) is 12.1 Å². The fourth-order valence-corrected chi connectivity index (χ4v) is 2.64. The molecule has 2 atom stereocenters. The van der Waals surface area contributed by atoms with Gasteiger partial charge in [0.2, 0.25) is 5.91 Å². The normalized spacial score (nSPS) is 24.7. The number of hydrogen-bond donors (Lipinski definition) is 1. The van der Waals surface area contributed by atoms with Crippen LogP contribution in [0.3, 0.4) is 0 Å². The van der Waals surface area contributed by atoms with Crippen LogP contribution in [0.25, 0.3) is 0 Å². The molecule has 1 heterocycles. The van der Waals surface area contributed by atoms with E-state index < -0.39 is 0 Å². The van der Waals surface area contributed by atoms with Crippen LogP contribution in [0, 0.1) is 5.82 Å². The molecule has 98 valence electrons. The van der Waals surface area contributed by atoms with Crippen LogP contribution >= 0.6 is 0 Å². The summed E-state index contributed by atoms with van der Waals surface area (Å²) in [7, 11) is 0. The number of hydrogen-bond acceptors (Lipinski definition) is 2. The van der Waals surface area contributed by atoms with E-state index >= 15 is 0 Å². The highest BCUT2D eigenvalue weighted by Gasteiger charge is 2.43. The van der Waals surface area contributed by atoms with E-state index in [-0.39, 0.29) is 29.3 Å². The van der Waals surface area contributed by atoms with E-state index in [1.807, 2.05) is 26.8 Å². The van der Waals surface area contributed by atoms with Crippen LogP contribution < -0.4 is 5.73 Å². The lowest BCUT2D eigenvalue weighted by Crippen LogP contribution is -2.45. The summed E-state index contributed by atoms with van der Waals surface area (Å²) in [5.74, 6) is -0.267. The van der Waals surface area contributed by atoms with E-state index in [2.05, 4.69) is 0 Å². The highest BCUT2D eigenvalue weighted by molar-refractivity contribution is 5.81. The van der Waals surface area contributed by atoms with E-state index in [0.29, 0.717) is 6.42 Å². The number of halogens is 1. The second-order valence-electron chi connectivity index (χ2n) is 5.80. The molecule has 1 aliphatic heterocycles. The maximum Gasteiger partial charge on any atom is 0.225 e. The standard InChI is InChI=1S/C14H19FN2O/c1-14(2,3)17-12(18)8-11(16)13(17)9-5-4-6-10(15)7-9/h4-7,11,13H,8,16H2,1-3H3. The molecule has 0 radical (unpaired) electrons. The summed E-state index contributed by atoms with van der Waals surface area (Å²) in [6.07, 6.45) is 0.318. The average Bonchev–Trinajstić information content (AvgIpc) is 2.53. The zero-order valence-corrected chi connectivity index (χ0v) is 11.0. The Morgan fingerprint density at radius 2 is 2.06 bits per heavy atom. The lowest BCUT2D eigenvalue weighted by Gasteiger charge is -2.38. The highest BCUT2D eigenvalue weighted by atomic mass is 19.1. The number of likely N-dealkylation sites (tertiary alicyclic amines) is 1. The zero-order chi connectivity index (χ0) is 13.5. The Balaban J connectivity index is 2.43. The molecule has 2 unspecified atom stereocenters. The molecule has 2 N–H and O–H groups in total. The largest absolute Gasteiger partial charge is 0.329 e. The SMILES string of the molecule is CC(C)(C)N1C(=O)CC(N)C1c1cccc(F)c1. The Bertz CT molecular complexity index is 467. The molecule has 1 aliphatic rings. The first kappa shape index (κ1) is 13.0. The van der Waals surface area contributed by atoms with Gasteiger partial charge in [-0.1, -0.05) is 12.1 Å². The smallest absolute Gasteiger partial charge is 0.225 e. The van der Waals surface area contributed by atoms with Gasteiger partial charge in [-0.3, -0.25) is 4.79 Å². The van der Waals surface area contributed by atoms with Crippen molar-refractivity contribution in [3.05, 3.63) is 35.6 Å². The van der Waals surface area contributed by atoms with Crippen molar-refractivity contribution in [3.63, 3.8) is 0 Å². The minimum atomic E-state index is -0.317. The molecule has 0 bridgehead atoms. The predicted molar refractivity (Wildman–Crippen MR) is 68.3 cm³/mol. The van der Waals surface area contributed by atoms with Crippen LogP contribution in [0.4, 0.5) is 4.39 Å². The number of carbonyl (C=O) groups excluding carboxylic acids is 1. The third kappa shape index (κ3) is 2.25. The maximum atomic E-state index is 13.3. The molecular weight excluding hydrogens is 231 g/mol. The molecule has 1 saturated heterocycles. The Labute approximate surface area is 107 Å². The maximum absolute atomic E-state index is 13.3. The Kier molecular flexibility index (Phi) is 3.15. The summed E-state index contributed by atoms with van der Waals surface area (Å²) in [5.41, 5.74) is 6.50. The first-order chi connectivity index (χ1) is 8.30. The summed E-state index contributed by atoms with van der Waals surface area (Å²) in [4.78, 5) is 13.8. The van der Waals surface area contributed by atoms with Gasteiger partial charge in [-0.15, -0.1) is 0 Å². The van der Waals surface area contributed by atoms with Crippen molar-refractivity contribution in [3.8, 4) is 0 Å². The minimum Gasteiger partial charge on any atom is -0.329 e. The van der Waals surface area contributed by atoms with Gasteiger partial charge >= 0.3 is 0 Å². The van der Waals surface area contributed by atoms with E-state index in [1.54, 1.807) is 11.0 Å². The monoisotopic (exact) mass is 250 g/mol. The van der Waals surface area contributed by atoms with Gasteiger partial charge < -0.3 is 10.6 Å². The van der Waals surface area contributed by atoms with Crippen LogP contribution in [0.5, 0.6) is 0 Å². The first-order valence-corrected chi connectivity index (χ1v) is 6.14. The van der Waals surface area contributed by atoms with Gasteiger partial charge in [-0.25, -0.2) is 4.39 Å². The van der Waals surface area contributed by atoms with Gasteiger partial charge in [0.05, 0.1) is 6.04 Å². The number of benzene rings is 1. The molecule has 4 heteroatoms. The van der Waals surface area contributed by atoms with Gasteiger partial charge in [-0.2, -0.15) is 0 Å². The fraction of sp³-hybridized carbons (Fsp3) is 0.500. The van der Waals surface area contributed by atoms with Gasteiger partial charge in [-0.05, 0) is 38.5 Å². The first-order valence-electron chi connectivity index (χ1n) is 6.14. The molecule has 1 aromatic rings. The van der Waals surface area contributed by atoms with Crippen LogP contribution in [0.2, 0.25) is 0 Å². The second kappa shape index (κ2) is 4.35. The van der Waals surface area contributed by atoms with Crippen molar-refractivity contribution in [2.24, 2.45) is 5.73 Å². The molecule has 1 fully saturated rings. The number of rotatable bonds is 1. The van der Waals surface area contributed by atoms with Crippen molar-refractivity contribution >= 4 is 5.91 Å². The highest BCUT2D eigenvalue weighted by Crippen LogP contribution is 2.37.